The first-order valence-electron chi connectivity index (χ1n) is 20.0. The van der Waals surface area contributed by atoms with Gasteiger partial charge < -0.3 is 16.0 Å². The molecular formula is C52H40N6. The van der Waals surface area contributed by atoms with Crippen LogP contribution in [0.5, 0.6) is 0 Å². The van der Waals surface area contributed by atoms with Crippen molar-refractivity contribution in [1.29, 1.82) is 0 Å². The Hall–Kier alpha value is -7.28. The summed E-state index contributed by atoms with van der Waals surface area (Å²) in [7, 11) is 0. The zero-order valence-electron chi connectivity index (χ0n) is 31.8. The number of hydrogen-bond donors (Lipinski definition) is 4. The Morgan fingerprint density at radius 2 is 1.26 bits per heavy atom. The average Bonchev–Trinajstić information content (AvgIpc) is 3.31. The zero-order valence-corrected chi connectivity index (χ0v) is 31.8. The lowest BCUT2D eigenvalue weighted by Crippen LogP contribution is -2.44. The Labute approximate surface area is 337 Å². The van der Waals surface area contributed by atoms with Crippen LogP contribution in [0.25, 0.3) is 67.2 Å². The van der Waals surface area contributed by atoms with Crippen LogP contribution in [0.15, 0.2) is 175 Å². The van der Waals surface area contributed by atoms with E-state index < -0.39 is 0 Å². The summed E-state index contributed by atoms with van der Waals surface area (Å²) in [6, 6.07) is 56.7. The van der Waals surface area contributed by atoms with Crippen LogP contribution < -0.4 is 21.3 Å². The van der Waals surface area contributed by atoms with E-state index in [4.69, 9.17) is 9.98 Å². The summed E-state index contributed by atoms with van der Waals surface area (Å²) < 4.78 is 0. The number of benzene rings is 7. The second kappa shape index (κ2) is 14.3. The van der Waals surface area contributed by atoms with Gasteiger partial charge in [-0.2, -0.15) is 0 Å². The Morgan fingerprint density at radius 3 is 2.03 bits per heavy atom. The molecule has 0 saturated heterocycles. The molecule has 2 atom stereocenters. The van der Waals surface area contributed by atoms with Crippen molar-refractivity contribution in [2.45, 2.75) is 18.9 Å². The molecule has 8 aromatic rings. The summed E-state index contributed by atoms with van der Waals surface area (Å²) in [4.78, 5) is 10.6. The highest BCUT2D eigenvalue weighted by Gasteiger charge is 2.27. The van der Waals surface area contributed by atoms with E-state index in [-0.39, 0.29) is 12.3 Å². The summed E-state index contributed by atoms with van der Waals surface area (Å²) in [5.41, 5.74) is 14.5. The number of fused-ring (bicyclic) bond motifs is 5. The molecule has 278 valence electrons. The lowest BCUT2D eigenvalue weighted by molar-refractivity contribution is 0.409. The van der Waals surface area contributed by atoms with Gasteiger partial charge in [0.1, 0.15) is 18.2 Å². The van der Waals surface area contributed by atoms with Crippen molar-refractivity contribution < 1.29 is 0 Å². The Kier molecular flexibility index (Phi) is 8.41. The van der Waals surface area contributed by atoms with Gasteiger partial charge in [-0.25, -0.2) is 9.98 Å². The average molecular weight is 749 g/mol. The van der Waals surface area contributed by atoms with E-state index in [0.29, 0.717) is 0 Å². The van der Waals surface area contributed by atoms with E-state index in [9.17, 15) is 0 Å². The minimum atomic E-state index is -0.325. The third-order valence-corrected chi connectivity index (χ3v) is 11.6. The molecule has 0 saturated carbocycles. The highest BCUT2D eigenvalue weighted by atomic mass is 15.3. The predicted molar refractivity (Wildman–Crippen MR) is 240 cm³/mol. The van der Waals surface area contributed by atoms with Crippen molar-refractivity contribution in [3.8, 4) is 33.5 Å². The fourth-order valence-electron chi connectivity index (χ4n) is 8.76. The van der Waals surface area contributed by atoms with Crippen LogP contribution in [0.3, 0.4) is 0 Å². The molecule has 11 rings (SSSR count). The SMILES string of the molecule is C1=Cc2nc(-c3ccc(-c4cc(-c5c6ccccc6cc6ccccc56)cc(C5N=C(c6ccccc6)NC(c6ccccc6)N5)c4)cc3)c3c(c2NC1)CNC=C3. The van der Waals surface area contributed by atoms with Gasteiger partial charge in [-0.05, 0) is 97.5 Å². The molecule has 0 amide bonds. The molecule has 7 aromatic carbocycles. The molecule has 58 heavy (non-hydrogen) atoms. The number of nitrogens with one attached hydrogen (secondary N) is 4. The molecule has 4 heterocycles. The molecule has 6 nitrogen and oxygen atoms in total. The summed E-state index contributed by atoms with van der Waals surface area (Å²) in [5.74, 6) is 0.861. The summed E-state index contributed by atoms with van der Waals surface area (Å²) in [5, 5.41) is 19.4. The Bertz CT molecular complexity index is 2900. The van der Waals surface area contributed by atoms with Crippen molar-refractivity contribution in [2.24, 2.45) is 4.99 Å². The smallest absolute Gasteiger partial charge is 0.131 e. The molecule has 0 radical (unpaired) electrons. The molecule has 0 aliphatic carbocycles. The summed E-state index contributed by atoms with van der Waals surface area (Å²) in [6.45, 7) is 1.58. The van der Waals surface area contributed by atoms with Gasteiger partial charge in [0.15, 0.2) is 0 Å². The number of pyridine rings is 1. The number of aliphatic imine (C=N–C) groups is 1. The maximum atomic E-state index is 5.39. The van der Waals surface area contributed by atoms with Gasteiger partial charge in [0.2, 0.25) is 0 Å². The fourth-order valence-corrected chi connectivity index (χ4v) is 8.76. The first-order valence-corrected chi connectivity index (χ1v) is 20.0. The minimum absolute atomic E-state index is 0.145. The first kappa shape index (κ1) is 34.0. The van der Waals surface area contributed by atoms with Crippen molar-refractivity contribution in [2.75, 3.05) is 11.9 Å². The number of aromatic nitrogens is 1. The minimum Gasteiger partial charge on any atom is -0.387 e. The Morgan fingerprint density at radius 1 is 0.569 bits per heavy atom. The molecule has 1 aromatic heterocycles. The van der Waals surface area contributed by atoms with Crippen molar-refractivity contribution >= 4 is 45.2 Å². The van der Waals surface area contributed by atoms with Gasteiger partial charge in [-0.15, -0.1) is 0 Å². The number of hydrogen-bond acceptors (Lipinski definition) is 6. The normalized spacial score (nSPS) is 16.8. The number of nitrogens with zero attached hydrogens (tertiary/aromatic N) is 2. The maximum Gasteiger partial charge on any atom is 0.131 e. The van der Waals surface area contributed by atoms with Crippen LogP contribution in [0.4, 0.5) is 5.69 Å². The van der Waals surface area contributed by atoms with E-state index in [0.717, 1.165) is 80.5 Å². The van der Waals surface area contributed by atoms with E-state index in [2.05, 4.69) is 191 Å². The topological polar surface area (TPSA) is 73.4 Å². The van der Waals surface area contributed by atoms with Gasteiger partial charge >= 0.3 is 0 Å². The second-order valence-corrected chi connectivity index (χ2v) is 15.1. The first-order chi connectivity index (χ1) is 28.7. The summed E-state index contributed by atoms with van der Waals surface area (Å²) in [6.07, 6.45) is 7.98. The molecule has 3 aliphatic heterocycles. The van der Waals surface area contributed by atoms with E-state index in [1.165, 1.54) is 32.7 Å². The second-order valence-electron chi connectivity index (χ2n) is 15.1. The van der Waals surface area contributed by atoms with E-state index in [1.807, 2.05) is 12.3 Å². The van der Waals surface area contributed by atoms with E-state index in [1.54, 1.807) is 0 Å². The van der Waals surface area contributed by atoms with Gasteiger partial charge in [0.25, 0.3) is 0 Å². The quantitative estimate of drug-likeness (QED) is 0.127. The van der Waals surface area contributed by atoms with Crippen molar-refractivity contribution in [1.82, 2.24) is 20.9 Å². The van der Waals surface area contributed by atoms with Crippen LogP contribution in [0, 0.1) is 0 Å². The fraction of sp³-hybridized carbons (Fsp3) is 0.0769. The third-order valence-electron chi connectivity index (χ3n) is 11.6. The number of amidine groups is 1. The highest BCUT2D eigenvalue weighted by molar-refractivity contribution is 6.13. The third kappa shape index (κ3) is 6.11. The van der Waals surface area contributed by atoms with Crippen molar-refractivity contribution in [3.63, 3.8) is 0 Å². The van der Waals surface area contributed by atoms with Crippen LogP contribution in [0.2, 0.25) is 0 Å². The van der Waals surface area contributed by atoms with Crippen LogP contribution >= 0.6 is 0 Å². The lowest BCUT2D eigenvalue weighted by Gasteiger charge is -2.32. The van der Waals surface area contributed by atoms with Crippen LogP contribution in [-0.4, -0.2) is 17.4 Å². The molecule has 2 unspecified atom stereocenters. The Balaban J connectivity index is 1.09. The van der Waals surface area contributed by atoms with Gasteiger partial charge in [-0.3, -0.25) is 5.32 Å². The van der Waals surface area contributed by atoms with Gasteiger partial charge in [-0.1, -0.05) is 140 Å². The largest absolute Gasteiger partial charge is 0.387 e. The molecule has 6 heteroatoms. The standard InChI is InChI=1S/C52H40N6/c1-3-12-35(13-4-1)50-56-51(36-14-5-2-6-15-36)58-52(57-50)41-30-39(29-40(31-41)47-42-18-9-7-16-37(42)28-38-17-8-10-19-43(38)47)33-21-23-34(24-22-33)48-44-25-27-53-32-45(44)49-46(55-48)20-11-26-54-49/h1-25,27-31,50,52-54,57H,26,32H2,(H,56,58). The molecule has 4 N–H and O–H groups in total. The predicted octanol–water partition coefficient (Wildman–Crippen LogP) is 11.2. The molecule has 0 spiro atoms. The van der Waals surface area contributed by atoms with Crippen LogP contribution in [-0.2, 0) is 6.54 Å². The van der Waals surface area contributed by atoms with Crippen molar-refractivity contribution in [3.05, 3.63) is 204 Å². The molecule has 0 fully saturated rings. The van der Waals surface area contributed by atoms with E-state index >= 15 is 0 Å². The molecule has 3 aliphatic rings. The lowest BCUT2D eigenvalue weighted by atomic mass is 9.88. The van der Waals surface area contributed by atoms with Crippen LogP contribution in [0.1, 0.15) is 45.8 Å². The number of anilines is 1. The van der Waals surface area contributed by atoms with Gasteiger partial charge in [0.05, 0.1) is 17.1 Å². The molecular weight excluding hydrogens is 709 g/mol. The number of rotatable bonds is 6. The maximum absolute atomic E-state index is 5.39. The monoisotopic (exact) mass is 748 g/mol. The highest BCUT2D eigenvalue weighted by Crippen LogP contribution is 2.41. The molecule has 0 bridgehead atoms. The van der Waals surface area contributed by atoms with Gasteiger partial charge in [0, 0.05) is 35.3 Å². The zero-order chi connectivity index (χ0) is 38.4. The summed E-state index contributed by atoms with van der Waals surface area (Å²) >= 11 is 0.